The van der Waals surface area contributed by atoms with E-state index in [2.05, 4.69) is 13.8 Å². The normalized spacial score (nSPS) is 27.2. The average molecular weight is 286 g/mol. The van der Waals surface area contributed by atoms with Gasteiger partial charge in [0.15, 0.2) is 0 Å². The zero-order valence-corrected chi connectivity index (χ0v) is 12.4. The van der Waals surface area contributed by atoms with Gasteiger partial charge in [-0.25, -0.2) is 9.59 Å². The molecule has 19 heavy (non-hydrogen) atoms. The molecule has 2 rings (SSSR count). The van der Waals surface area contributed by atoms with Gasteiger partial charge in [0, 0.05) is 18.8 Å². The highest BCUT2D eigenvalue weighted by Crippen LogP contribution is 2.31. The fourth-order valence-corrected chi connectivity index (χ4v) is 3.77. The second-order valence-corrected chi connectivity index (χ2v) is 7.11. The molecule has 2 amide bonds. The standard InChI is InChI=1S/C13H22N2O3S/c1-13(2)4-3-6-14(7-5-13)12(18)15-9-19-8-10(15)11(16)17/h10H,3-9H2,1-2H3,(H,16,17)/t10-/m0/s1. The third kappa shape index (κ3) is 3.35. The summed E-state index contributed by atoms with van der Waals surface area (Å²) in [6, 6.07) is -0.760. The minimum Gasteiger partial charge on any atom is -0.480 e. The van der Waals surface area contributed by atoms with E-state index in [9.17, 15) is 9.59 Å². The van der Waals surface area contributed by atoms with Crippen LogP contribution in [0.5, 0.6) is 0 Å². The lowest BCUT2D eigenvalue weighted by atomic mass is 9.85. The van der Waals surface area contributed by atoms with Crippen LogP contribution in [0.25, 0.3) is 0 Å². The first-order valence-corrected chi connectivity index (χ1v) is 7.92. The molecule has 2 fully saturated rings. The van der Waals surface area contributed by atoms with Gasteiger partial charge in [0.1, 0.15) is 6.04 Å². The predicted molar refractivity (Wildman–Crippen MR) is 75.2 cm³/mol. The Morgan fingerprint density at radius 1 is 1.26 bits per heavy atom. The number of carbonyl (C=O) groups is 2. The van der Waals surface area contributed by atoms with Crippen molar-refractivity contribution < 1.29 is 14.7 Å². The first-order valence-electron chi connectivity index (χ1n) is 6.77. The first kappa shape index (κ1) is 14.5. The van der Waals surface area contributed by atoms with Crippen LogP contribution in [0, 0.1) is 5.41 Å². The number of amides is 2. The van der Waals surface area contributed by atoms with Crippen LogP contribution in [0.1, 0.15) is 33.1 Å². The first-order chi connectivity index (χ1) is 8.91. The lowest BCUT2D eigenvalue weighted by Gasteiger charge is -2.29. The molecule has 1 N–H and O–H groups in total. The van der Waals surface area contributed by atoms with E-state index in [1.165, 1.54) is 16.7 Å². The maximum Gasteiger partial charge on any atom is 0.327 e. The minimum absolute atomic E-state index is 0.102. The van der Waals surface area contributed by atoms with Crippen LogP contribution in [-0.4, -0.2) is 57.7 Å². The van der Waals surface area contributed by atoms with E-state index in [-0.39, 0.29) is 11.4 Å². The third-order valence-corrected chi connectivity index (χ3v) is 5.04. The van der Waals surface area contributed by atoms with Crippen molar-refractivity contribution in [2.24, 2.45) is 5.41 Å². The smallest absolute Gasteiger partial charge is 0.327 e. The van der Waals surface area contributed by atoms with E-state index >= 15 is 0 Å². The van der Waals surface area contributed by atoms with E-state index in [1.807, 2.05) is 4.90 Å². The van der Waals surface area contributed by atoms with Crippen molar-refractivity contribution in [2.75, 3.05) is 24.7 Å². The molecule has 2 heterocycles. The summed E-state index contributed by atoms with van der Waals surface area (Å²) >= 11 is 1.51. The van der Waals surface area contributed by atoms with Crippen LogP contribution >= 0.6 is 11.8 Å². The maximum absolute atomic E-state index is 12.5. The molecule has 0 bridgehead atoms. The summed E-state index contributed by atoms with van der Waals surface area (Å²) in [7, 11) is 0. The number of aliphatic carboxylic acids is 1. The van der Waals surface area contributed by atoms with E-state index in [1.54, 1.807) is 0 Å². The monoisotopic (exact) mass is 286 g/mol. The van der Waals surface area contributed by atoms with Gasteiger partial charge >= 0.3 is 12.0 Å². The van der Waals surface area contributed by atoms with Crippen molar-refractivity contribution in [1.29, 1.82) is 0 Å². The molecule has 6 heteroatoms. The molecule has 108 valence electrons. The Morgan fingerprint density at radius 2 is 2.00 bits per heavy atom. The summed E-state index contributed by atoms with van der Waals surface area (Å²) < 4.78 is 0. The number of carboxylic acids is 1. The van der Waals surface area contributed by atoms with Crippen molar-refractivity contribution >= 4 is 23.8 Å². The molecule has 1 atom stereocenters. The Morgan fingerprint density at radius 3 is 2.68 bits per heavy atom. The summed E-state index contributed by atoms with van der Waals surface area (Å²) in [4.78, 5) is 26.9. The number of hydrogen-bond donors (Lipinski definition) is 1. The highest BCUT2D eigenvalue weighted by atomic mass is 32.2. The molecular weight excluding hydrogens is 264 g/mol. The SMILES string of the molecule is CC1(C)CCCN(C(=O)N2CSC[C@H]2C(=O)O)CC1. The van der Waals surface area contributed by atoms with Crippen LogP contribution in [0.15, 0.2) is 0 Å². The number of thioether (sulfide) groups is 1. The zero-order chi connectivity index (χ0) is 14.0. The number of likely N-dealkylation sites (tertiary alicyclic amines) is 1. The van der Waals surface area contributed by atoms with Gasteiger partial charge in [0.25, 0.3) is 0 Å². The highest BCUT2D eigenvalue weighted by Gasteiger charge is 2.37. The molecule has 0 spiro atoms. The fourth-order valence-electron chi connectivity index (χ4n) is 2.63. The van der Waals surface area contributed by atoms with Gasteiger partial charge in [-0.1, -0.05) is 13.8 Å². The average Bonchev–Trinajstić information content (AvgIpc) is 2.74. The molecule has 0 radical (unpaired) electrons. The van der Waals surface area contributed by atoms with Crippen LogP contribution in [0.3, 0.4) is 0 Å². The van der Waals surface area contributed by atoms with Crippen molar-refractivity contribution in [3.8, 4) is 0 Å². The van der Waals surface area contributed by atoms with Gasteiger partial charge in [0.2, 0.25) is 0 Å². The predicted octanol–water partition coefficient (Wildman–Crippen LogP) is 2.08. The van der Waals surface area contributed by atoms with E-state index < -0.39 is 12.0 Å². The Labute approximate surface area is 118 Å². The van der Waals surface area contributed by atoms with E-state index in [4.69, 9.17) is 5.11 Å². The second-order valence-electron chi connectivity index (χ2n) is 6.11. The number of hydrogen-bond acceptors (Lipinski definition) is 3. The molecule has 2 aliphatic heterocycles. The van der Waals surface area contributed by atoms with Crippen LogP contribution in [0.2, 0.25) is 0 Å². The molecule has 2 aliphatic rings. The maximum atomic E-state index is 12.5. The number of carboxylic acid groups (broad SMARTS) is 1. The van der Waals surface area contributed by atoms with Gasteiger partial charge in [-0.05, 0) is 24.7 Å². The summed E-state index contributed by atoms with van der Waals surface area (Å²) in [5.41, 5.74) is 0.279. The van der Waals surface area contributed by atoms with Gasteiger partial charge in [0.05, 0.1) is 5.88 Å². The molecule has 0 aromatic rings. The molecular formula is C13H22N2O3S. The van der Waals surface area contributed by atoms with E-state index in [0.29, 0.717) is 11.6 Å². The Bertz CT molecular complexity index is 373. The molecule has 0 aromatic carbocycles. The van der Waals surface area contributed by atoms with Crippen molar-refractivity contribution in [3.05, 3.63) is 0 Å². The number of carbonyl (C=O) groups excluding carboxylic acids is 1. The molecule has 0 unspecified atom stereocenters. The van der Waals surface area contributed by atoms with Crippen molar-refractivity contribution in [3.63, 3.8) is 0 Å². The van der Waals surface area contributed by atoms with E-state index in [0.717, 1.165) is 32.4 Å². The van der Waals surface area contributed by atoms with Gasteiger partial charge in [-0.15, -0.1) is 11.8 Å². The number of nitrogens with zero attached hydrogens (tertiary/aromatic N) is 2. The molecule has 5 nitrogen and oxygen atoms in total. The Kier molecular flexibility index (Phi) is 4.28. The molecule has 0 aliphatic carbocycles. The van der Waals surface area contributed by atoms with Gasteiger partial charge < -0.3 is 14.9 Å². The number of rotatable bonds is 1. The van der Waals surface area contributed by atoms with Gasteiger partial charge in [-0.3, -0.25) is 0 Å². The highest BCUT2D eigenvalue weighted by molar-refractivity contribution is 7.99. The summed E-state index contributed by atoms with van der Waals surface area (Å²) in [6.07, 6.45) is 3.10. The zero-order valence-electron chi connectivity index (χ0n) is 11.6. The second kappa shape index (κ2) is 5.61. The van der Waals surface area contributed by atoms with Crippen LogP contribution in [-0.2, 0) is 4.79 Å². The van der Waals surface area contributed by atoms with Crippen molar-refractivity contribution in [2.45, 2.75) is 39.2 Å². The lowest BCUT2D eigenvalue weighted by Crippen LogP contribution is -2.49. The molecule has 2 saturated heterocycles. The fraction of sp³-hybridized carbons (Fsp3) is 0.846. The molecule has 0 saturated carbocycles. The van der Waals surface area contributed by atoms with Crippen LogP contribution in [0.4, 0.5) is 4.79 Å². The summed E-state index contributed by atoms with van der Waals surface area (Å²) in [6.45, 7) is 5.94. The quantitative estimate of drug-likeness (QED) is 0.801. The topological polar surface area (TPSA) is 60.9 Å². The minimum atomic E-state index is -0.895. The largest absolute Gasteiger partial charge is 0.480 e. The number of urea groups is 1. The van der Waals surface area contributed by atoms with Crippen molar-refractivity contribution in [1.82, 2.24) is 9.80 Å². The third-order valence-electron chi connectivity index (χ3n) is 4.02. The summed E-state index contributed by atoms with van der Waals surface area (Å²) in [5.74, 6) is 0.101. The lowest BCUT2D eigenvalue weighted by molar-refractivity contribution is -0.140. The van der Waals surface area contributed by atoms with Crippen LogP contribution < -0.4 is 0 Å². The molecule has 0 aromatic heterocycles. The van der Waals surface area contributed by atoms with Gasteiger partial charge in [-0.2, -0.15) is 0 Å². The Hall–Kier alpha value is -0.910. The summed E-state index contributed by atoms with van der Waals surface area (Å²) in [5, 5.41) is 9.14. The Balaban J connectivity index is 2.01.